The molecular weight excluding hydrogens is 584 g/mol. The van der Waals surface area contributed by atoms with E-state index in [0.717, 1.165) is 43.1 Å². The highest BCUT2D eigenvalue weighted by atomic mass is 127. The molecule has 0 fully saturated rings. The average Bonchev–Trinajstić information content (AvgIpc) is 2.83. The van der Waals surface area contributed by atoms with E-state index in [4.69, 9.17) is 13.8 Å². The van der Waals surface area contributed by atoms with Crippen LogP contribution in [0, 0.1) is 0 Å². The van der Waals surface area contributed by atoms with E-state index >= 15 is 0 Å². The Kier molecular flexibility index (Phi) is 23.9. The minimum atomic E-state index is -4.26. The van der Waals surface area contributed by atoms with E-state index in [1.165, 1.54) is 25.7 Å². The predicted molar refractivity (Wildman–Crippen MR) is 150 cm³/mol. The Bertz CT molecular complexity index is 619. The second-order valence-electron chi connectivity index (χ2n) is 8.57. The summed E-state index contributed by atoms with van der Waals surface area (Å²) in [6, 6.07) is 0. The molecule has 0 aromatic carbocycles. The van der Waals surface area contributed by atoms with Gasteiger partial charge in [-0.05, 0) is 45.6 Å². The number of aliphatic hydroxyl groups excluding tert-OH is 1. The maximum Gasteiger partial charge on any atom is 0.472 e. The molecule has 35 heavy (non-hydrogen) atoms. The van der Waals surface area contributed by atoms with Gasteiger partial charge in [0.2, 0.25) is 0 Å². The average molecular weight is 632 g/mol. The van der Waals surface area contributed by atoms with Crippen molar-refractivity contribution in [2.75, 3.05) is 38.0 Å². The van der Waals surface area contributed by atoms with Crippen molar-refractivity contribution in [2.45, 2.75) is 90.1 Å². The zero-order valence-electron chi connectivity index (χ0n) is 21.6. The number of hydrogen-bond acceptors (Lipinski definition) is 7. The summed E-state index contributed by atoms with van der Waals surface area (Å²) in [5, 5.41) is 9.37. The van der Waals surface area contributed by atoms with Gasteiger partial charge in [-0.2, -0.15) is 0 Å². The number of phosphoric ester groups is 1. The van der Waals surface area contributed by atoms with Gasteiger partial charge in [-0.3, -0.25) is 18.7 Å². The van der Waals surface area contributed by atoms with Crippen LogP contribution in [-0.4, -0.2) is 64.9 Å². The lowest BCUT2D eigenvalue weighted by atomic mass is 10.1. The molecule has 0 amide bonds. The summed E-state index contributed by atoms with van der Waals surface area (Å²) in [5.41, 5.74) is 0. The number of nitrogens with zero attached hydrogens (tertiary/aromatic N) is 1. The third-order valence-electron chi connectivity index (χ3n) is 5.19. The molecule has 10 heteroatoms. The fourth-order valence-electron chi connectivity index (χ4n) is 3.04. The number of carbonyl (C=O) groups excluding carboxylic acids is 1. The van der Waals surface area contributed by atoms with Crippen LogP contribution in [0.15, 0.2) is 24.3 Å². The molecule has 0 radical (unpaired) electrons. The molecule has 0 aliphatic rings. The molecule has 2 atom stereocenters. The van der Waals surface area contributed by atoms with Gasteiger partial charge in [0.05, 0.1) is 24.4 Å². The molecule has 0 aromatic rings. The largest absolute Gasteiger partial charge is 0.472 e. The molecular formula is C25H47INO7P. The molecule has 206 valence electrons. The number of aliphatic hydroxyl groups is 1. The third-order valence-corrected chi connectivity index (χ3v) is 7.34. The molecule has 0 bridgehead atoms. The number of esters is 1. The number of ether oxygens (including phenoxy) is 1. The van der Waals surface area contributed by atoms with Crippen LogP contribution in [0.3, 0.4) is 0 Å². The Hall–Kier alpha value is -0.290. The summed E-state index contributed by atoms with van der Waals surface area (Å²) in [4.78, 5) is 23.6. The second kappa shape index (κ2) is 24.1. The third kappa shape index (κ3) is 23.8. The highest BCUT2D eigenvalue weighted by Crippen LogP contribution is 2.43. The van der Waals surface area contributed by atoms with Crippen LogP contribution >= 0.6 is 30.4 Å². The van der Waals surface area contributed by atoms with Crippen molar-refractivity contribution < 1.29 is 33.1 Å². The zero-order chi connectivity index (χ0) is 26.2. The SMILES string of the molecule is CCCCC/C=C\C/C=C\CCCCCCCC(=O)O[C@H](CO)COP(=O)(O)OCCN(C)CI. The van der Waals surface area contributed by atoms with Crippen LogP contribution in [0.1, 0.15) is 84.0 Å². The summed E-state index contributed by atoms with van der Waals surface area (Å²) in [6.07, 6.45) is 20.3. The summed E-state index contributed by atoms with van der Waals surface area (Å²) in [6.45, 7) is 1.83. The van der Waals surface area contributed by atoms with Crippen molar-refractivity contribution in [3.05, 3.63) is 24.3 Å². The lowest BCUT2D eigenvalue weighted by molar-refractivity contribution is -0.153. The molecule has 0 spiro atoms. The quantitative estimate of drug-likeness (QED) is 0.0248. The van der Waals surface area contributed by atoms with Crippen molar-refractivity contribution in [1.82, 2.24) is 4.90 Å². The number of unbranched alkanes of at least 4 members (excludes halogenated alkanes) is 8. The topological polar surface area (TPSA) is 106 Å². The lowest BCUT2D eigenvalue weighted by Gasteiger charge is -2.19. The Balaban J connectivity index is 3.78. The first-order valence-electron chi connectivity index (χ1n) is 12.8. The normalized spacial score (nSPS) is 14.7. The number of likely N-dealkylation sites (N-methyl/N-ethyl adjacent to an activating group) is 1. The first kappa shape index (κ1) is 34.7. The maximum atomic E-state index is 12.0. The van der Waals surface area contributed by atoms with Crippen molar-refractivity contribution in [1.29, 1.82) is 0 Å². The molecule has 0 aromatic heterocycles. The monoisotopic (exact) mass is 631 g/mol. The highest BCUT2D eigenvalue weighted by Gasteiger charge is 2.24. The Morgan fingerprint density at radius 1 is 1.00 bits per heavy atom. The van der Waals surface area contributed by atoms with Crippen LogP contribution < -0.4 is 0 Å². The van der Waals surface area contributed by atoms with Crippen molar-refractivity contribution in [3.8, 4) is 0 Å². The molecule has 8 nitrogen and oxygen atoms in total. The number of phosphoric acid groups is 1. The Morgan fingerprint density at radius 3 is 2.26 bits per heavy atom. The van der Waals surface area contributed by atoms with Gasteiger partial charge in [0.1, 0.15) is 6.10 Å². The number of hydrogen-bond donors (Lipinski definition) is 2. The first-order valence-corrected chi connectivity index (χ1v) is 15.8. The highest BCUT2D eigenvalue weighted by molar-refractivity contribution is 14.1. The Labute approximate surface area is 226 Å². The summed E-state index contributed by atoms with van der Waals surface area (Å²) in [7, 11) is -2.41. The predicted octanol–water partition coefficient (Wildman–Crippen LogP) is 6.16. The van der Waals surface area contributed by atoms with E-state index in [1.54, 1.807) is 0 Å². The van der Waals surface area contributed by atoms with Gasteiger partial charge in [0.15, 0.2) is 0 Å². The van der Waals surface area contributed by atoms with Crippen LogP contribution in [0.4, 0.5) is 0 Å². The number of rotatable bonds is 24. The molecule has 0 rings (SSSR count). The van der Waals surface area contributed by atoms with E-state index < -0.39 is 33.1 Å². The molecule has 2 N–H and O–H groups in total. The molecule has 0 aliphatic heterocycles. The molecule has 0 aliphatic carbocycles. The first-order chi connectivity index (χ1) is 16.8. The van der Waals surface area contributed by atoms with Gasteiger partial charge in [-0.25, -0.2) is 4.57 Å². The van der Waals surface area contributed by atoms with Gasteiger partial charge in [-0.1, -0.05) is 85.9 Å². The van der Waals surface area contributed by atoms with Crippen molar-refractivity contribution >= 4 is 36.4 Å². The molecule has 1 unspecified atom stereocenters. The van der Waals surface area contributed by atoms with Gasteiger partial charge < -0.3 is 14.7 Å². The maximum absolute atomic E-state index is 12.0. The Morgan fingerprint density at radius 2 is 1.63 bits per heavy atom. The van der Waals surface area contributed by atoms with Crippen LogP contribution in [0.2, 0.25) is 0 Å². The standard InChI is InChI=1S/C25H47INO7P/c1-3-4-5-6-7-8-9-10-11-12-13-14-15-16-17-18-25(29)34-24(21-28)22-33-35(30,31)32-20-19-27(2)23-26/h7-8,10-11,24,28H,3-6,9,12-23H2,1-2H3,(H,30,31)/b8-7-,11-10-/t24-/m1/s1. The number of allylic oxidation sites excluding steroid dienone is 4. The minimum Gasteiger partial charge on any atom is -0.457 e. The lowest BCUT2D eigenvalue weighted by Crippen LogP contribution is -2.27. The zero-order valence-corrected chi connectivity index (χ0v) is 24.7. The van der Waals surface area contributed by atoms with Crippen LogP contribution in [0.25, 0.3) is 0 Å². The fourth-order valence-corrected chi connectivity index (χ4v) is 4.12. The summed E-state index contributed by atoms with van der Waals surface area (Å²) >= 11 is 2.17. The minimum absolute atomic E-state index is 0.0314. The van der Waals surface area contributed by atoms with Crippen molar-refractivity contribution in [2.24, 2.45) is 0 Å². The van der Waals surface area contributed by atoms with E-state index in [0.29, 0.717) is 13.0 Å². The fraction of sp³-hybridized carbons (Fsp3) is 0.800. The number of carbonyl (C=O) groups is 1. The van der Waals surface area contributed by atoms with Gasteiger partial charge in [-0.15, -0.1) is 0 Å². The van der Waals surface area contributed by atoms with Crippen LogP contribution in [0.5, 0.6) is 0 Å². The van der Waals surface area contributed by atoms with E-state index in [1.807, 2.05) is 11.9 Å². The van der Waals surface area contributed by atoms with E-state index in [9.17, 15) is 19.4 Å². The van der Waals surface area contributed by atoms with E-state index in [-0.39, 0.29) is 13.0 Å². The van der Waals surface area contributed by atoms with Crippen molar-refractivity contribution in [3.63, 3.8) is 0 Å². The molecule has 0 saturated carbocycles. The number of alkyl halides is 1. The van der Waals surface area contributed by atoms with Gasteiger partial charge in [0.25, 0.3) is 0 Å². The summed E-state index contributed by atoms with van der Waals surface area (Å²) in [5.74, 6) is -0.448. The van der Waals surface area contributed by atoms with E-state index in [2.05, 4.69) is 53.8 Å². The van der Waals surface area contributed by atoms with Gasteiger partial charge >= 0.3 is 13.8 Å². The van der Waals surface area contributed by atoms with Crippen LogP contribution in [-0.2, 0) is 23.1 Å². The smallest absolute Gasteiger partial charge is 0.457 e. The molecule has 0 heterocycles. The second-order valence-corrected chi connectivity index (χ2v) is 10.7. The number of halogens is 1. The van der Waals surface area contributed by atoms with Gasteiger partial charge in [0, 0.05) is 13.0 Å². The summed E-state index contributed by atoms with van der Waals surface area (Å²) < 4.78 is 27.5. The molecule has 0 saturated heterocycles.